The van der Waals surface area contributed by atoms with Crippen LogP contribution in [-0.2, 0) is 20.8 Å². The van der Waals surface area contributed by atoms with Crippen LogP contribution in [0, 0.1) is 0 Å². The number of nitrogens with zero attached hydrogens (tertiary/aromatic N) is 1. The molecule has 0 saturated carbocycles. The van der Waals surface area contributed by atoms with Crippen molar-refractivity contribution in [3.8, 4) is 0 Å². The second kappa shape index (κ2) is 6.19. The Balaban J connectivity index is 1.87. The monoisotopic (exact) mass is 322 g/mol. The summed E-state index contributed by atoms with van der Waals surface area (Å²) in [5.41, 5.74) is 1.03. The van der Waals surface area contributed by atoms with Crippen molar-refractivity contribution in [2.45, 2.75) is 50.6 Å². The van der Waals surface area contributed by atoms with Gasteiger partial charge in [0.05, 0.1) is 0 Å². The molecule has 0 aromatic heterocycles. The maximum atomic E-state index is 14.6. The Morgan fingerprint density at radius 3 is 2.61 bits per heavy atom. The number of alkyl halides is 1. The first-order valence-corrected chi connectivity index (χ1v) is 7.90. The van der Waals surface area contributed by atoms with Crippen LogP contribution in [0.15, 0.2) is 30.3 Å². The molecule has 1 aromatic carbocycles. The Morgan fingerprint density at radius 1 is 1.30 bits per heavy atom. The highest BCUT2D eigenvalue weighted by Gasteiger charge is 2.55. The predicted octanol–water partition coefficient (Wildman–Crippen LogP) is 1.47. The van der Waals surface area contributed by atoms with E-state index in [0.29, 0.717) is 6.54 Å². The van der Waals surface area contributed by atoms with Crippen LogP contribution in [0.2, 0.25) is 0 Å². The maximum absolute atomic E-state index is 14.6. The van der Waals surface area contributed by atoms with Gasteiger partial charge in [-0.05, 0) is 19.4 Å². The molecule has 1 aromatic rings. The minimum atomic E-state index is -1.19. The molecule has 0 radical (unpaired) electrons. The van der Waals surface area contributed by atoms with Gasteiger partial charge < -0.3 is 14.8 Å². The molecule has 23 heavy (non-hydrogen) atoms. The topological polar surface area (TPSA) is 50.8 Å². The van der Waals surface area contributed by atoms with Gasteiger partial charge in [-0.3, -0.25) is 9.69 Å². The molecule has 126 valence electrons. The van der Waals surface area contributed by atoms with E-state index in [4.69, 9.17) is 9.47 Å². The lowest BCUT2D eigenvalue weighted by Gasteiger charge is -2.41. The average Bonchev–Trinajstić information content (AvgIpc) is 2.84. The lowest BCUT2D eigenvalue weighted by Crippen LogP contribution is -2.63. The van der Waals surface area contributed by atoms with E-state index in [0.717, 1.165) is 5.56 Å². The van der Waals surface area contributed by atoms with E-state index in [-0.39, 0.29) is 12.5 Å². The first-order valence-electron chi connectivity index (χ1n) is 7.90. The van der Waals surface area contributed by atoms with Gasteiger partial charge >= 0.3 is 0 Å². The number of hydrogen-bond acceptors (Lipinski definition) is 4. The van der Waals surface area contributed by atoms with Crippen LogP contribution in [0.3, 0.4) is 0 Å². The van der Waals surface area contributed by atoms with Crippen LogP contribution in [0.1, 0.15) is 19.4 Å². The Morgan fingerprint density at radius 2 is 1.96 bits per heavy atom. The number of piperidine rings is 1. The Kier molecular flexibility index (Phi) is 4.40. The molecule has 2 aliphatic heterocycles. The van der Waals surface area contributed by atoms with Crippen LogP contribution < -0.4 is 5.32 Å². The second-order valence-corrected chi connectivity index (χ2v) is 6.55. The fourth-order valence-corrected chi connectivity index (χ4v) is 3.43. The molecular formula is C17H23FN2O3. The van der Waals surface area contributed by atoms with E-state index in [1.807, 2.05) is 35.2 Å². The summed E-state index contributed by atoms with van der Waals surface area (Å²) in [5.74, 6) is -1.06. The largest absolute Gasteiger partial charge is 0.358 e. The van der Waals surface area contributed by atoms with Crippen LogP contribution in [0.4, 0.5) is 4.39 Å². The van der Waals surface area contributed by atoms with Crippen LogP contribution in [-0.4, -0.2) is 54.6 Å². The van der Waals surface area contributed by atoms with Crippen LogP contribution >= 0.6 is 0 Å². The SMILES string of the molecule is CNC(=O)[C@@H]1[C@H]2OC(C)(C)O[C@H]2[C@H](F)CN1Cc1ccccc1. The number of likely N-dealkylation sites (N-methyl/N-ethyl adjacent to an activating group) is 1. The van der Waals surface area contributed by atoms with Gasteiger partial charge in [-0.15, -0.1) is 0 Å². The lowest BCUT2D eigenvalue weighted by molar-refractivity contribution is -0.153. The molecule has 2 fully saturated rings. The van der Waals surface area contributed by atoms with Crippen LogP contribution in [0.5, 0.6) is 0 Å². The Bertz CT molecular complexity index is 566. The summed E-state index contributed by atoms with van der Waals surface area (Å²) in [5, 5.41) is 2.67. The third kappa shape index (κ3) is 3.24. The van der Waals surface area contributed by atoms with Crippen molar-refractivity contribution in [3.05, 3.63) is 35.9 Å². The quantitative estimate of drug-likeness (QED) is 0.916. The van der Waals surface area contributed by atoms with Gasteiger partial charge in [0, 0.05) is 20.1 Å². The fourth-order valence-electron chi connectivity index (χ4n) is 3.43. The normalized spacial score (nSPS) is 33.2. The minimum Gasteiger partial charge on any atom is -0.358 e. The molecule has 2 saturated heterocycles. The number of hydrogen-bond donors (Lipinski definition) is 1. The first-order chi connectivity index (χ1) is 10.9. The summed E-state index contributed by atoms with van der Waals surface area (Å²) in [6.45, 7) is 4.14. The zero-order chi connectivity index (χ0) is 16.6. The fraction of sp³-hybridized carbons (Fsp3) is 0.588. The van der Waals surface area contributed by atoms with E-state index in [2.05, 4.69) is 5.32 Å². The van der Waals surface area contributed by atoms with Crippen LogP contribution in [0.25, 0.3) is 0 Å². The average molecular weight is 322 g/mol. The Labute approximate surface area is 135 Å². The molecule has 0 spiro atoms. The third-order valence-corrected chi connectivity index (χ3v) is 4.38. The van der Waals surface area contributed by atoms with E-state index in [1.165, 1.54) is 0 Å². The van der Waals surface area contributed by atoms with Crippen molar-refractivity contribution >= 4 is 5.91 Å². The van der Waals surface area contributed by atoms with Crippen molar-refractivity contribution in [2.75, 3.05) is 13.6 Å². The van der Waals surface area contributed by atoms with E-state index < -0.39 is 30.2 Å². The van der Waals surface area contributed by atoms with Gasteiger partial charge in [0.15, 0.2) is 5.79 Å². The number of halogens is 1. The van der Waals surface area contributed by atoms with Crippen molar-refractivity contribution < 1.29 is 18.7 Å². The summed E-state index contributed by atoms with van der Waals surface area (Å²) in [6.07, 6.45) is -2.51. The van der Waals surface area contributed by atoms with Gasteiger partial charge in [-0.2, -0.15) is 0 Å². The molecule has 1 N–H and O–H groups in total. The number of benzene rings is 1. The van der Waals surface area contributed by atoms with E-state index in [1.54, 1.807) is 20.9 Å². The summed E-state index contributed by atoms with van der Waals surface area (Å²) < 4.78 is 26.1. The van der Waals surface area contributed by atoms with Crippen molar-refractivity contribution in [1.82, 2.24) is 10.2 Å². The molecule has 6 heteroatoms. The molecule has 5 nitrogen and oxygen atoms in total. The zero-order valence-electron chi connectivity index (χ0n) is 13.7. The van der Waals surface area contributed by atoms with Gasteiger partial charge in [-0.1, -0.05) is 30.3 Å². The first kappa shape index (κ1) is 16.4. The van der Waals surface area contributed by atoms with Gasteiger partial charge in [0.2, 0.25) is 5.91 Å². The highest BCUT2D eigenvalue weighted by molar-refractivity contribution is 5.82. The number of amides is 1. The molecule has 3 rings (SSSR count). The lowest BCUT2D eigenvalue weighted by atomic mass is 9.93. The van der Waals surface area contributed by atoms with Crippen molar-refractivity contribution in [1.29, 1.82) is 0 Å². The molecular weight excluding hydrogens is 299 g/mol. The second-order valence-electron chi connectivity index (χ2n) is 6.55. The third-order valence-electron chi connectivity index (χ3n) is 4.38. The molecule has 1 amide bonds. The highest BCUT2D eigenvalue weighted by Crippen LogP contribution is 2.38. The van der Waals surface area contributed by atoms with E-state index in [9.17, 15) is 9.18 Å². The number of nitrogens with one attached hydrogen (secondary N) is 1. The number of carbonyl (C=O) groups excluding carboxylic acids is 1. The van der Waals surface area contributed by atoms with Crippen molar-refractivity contribution in [3.63, 3.8) is 0 Å². The highest BCUT2D eigenvalue weighted by atomic mass is 19.1. The minimum absolute atomic E-state index is 0.146. The zero-order valence-corrected chi connectivity index (χ0v) is 13.7. The number of rotatable bonds is 3. The van der Waals surface area contributed by atoms with Gasteiger partial charge in [-0.25, -0.2) is 4.39 Å². The number of carbonyl (C=O) groups is 1. The standard InChI is InChI=1S/C17H23FN2O3/c1-17(2)22-14-12(18)10-20(9-11-7-5-4-6-8-11)13(15(14)23-17)16(21)19-3/h4-8,12-15H,9-10H2,1-3H3,(H,19,21)/t12-,13+,14+,15-/m1/s1. The summed E-state index contributed by atoms with van der Waals surface area (Å²) in [4.78, 5) is 14.3. The maximum Gasteiger partial charge on any atom is 0.239 e. The molecule has 4 atom stereocenters. The number of likely N-dealkylation sites (tertiary alicyclic amines) is 1. The summed E-state index contributed by atoms with van der Waals surface area (Å²) >= 11 is 0. The summed E-state index contributed by atoms with van der Waals surface area (Å²) in [7, 11) is 1.58. The van der Waals surface area contributed by atoms with Gasteiger partial charge in [0.1, 0.15) is 24.4 Å². The summed E-state index contributed by atoms with van der Waals surface area (Å²) in [6, 6.07) is 9.16. The smallest absolute Gasteiger partial charge is 0.239 e. The predicted molar refractivity (Wildman–Crippen MR) is 83.4 cm³/mol. The van der Waals surface area contributed by atoms with Gasteiger partial charge in [0.25, 0.3) is 0 Å². The molecule has 0 unspecified atom stereocenters. The molecule has 2 aliphatic rings. The number of ether oxygens (including phenoxy) is 2. The van der Waals surface area contributed by atoms with Crippen molar-refractivity contribution in [2.24, 2.45) is 0 Å². The number of fused-ring (bicyclic) bond motifs is 1. The Hall–Kier alpha value is -1.50. The molecule has 0 bridgehead atoms. The van der Waals surface area contributed by atoms with E-state index >= 15 is 0 Å². The molecule has 2 heterocycles. The molecule has 0 aliphatic carbocycles.